The first-order chi connectivity index (χ1) is 17.6. The van der Waals surface area contributed by atoms with Crippen molar-refractivity contribution in [2.24, 2.45) is 11.1 Å². The summed E-state index contributed by atoms with van der Waals surface area (Å²) in [5.74, 6) is -0.970. The van der Waals surface area contributed by atoms with Crippen molar-refractivity contribution in [3.63, 3.8) is 0 Å². The van der Waals surface area contributed by atoms with Crippen LogP contribution in [0.15, 0.2) is 60.7 Å². The number of hydrogen-bond donors (Lipinski definition) is 3. The van der Waals surface area contributed by atoms with Gasteiger partial charge in [0.1, 0.15) is 6.04 Å². The molecule has 37 heavy (non-hydrogen) atoms. The van der Waals surface area contributed by atoms with E-state index in [2.05, 4.69) is 10.6 Å². The average Bonchev–Trinajstić information content (AvgIpc) is 3.10. The summed E-state index contributed by atoms with van der Waals surface area (Å²) in [5.41, 5.74) is 6.02. The molecule has 9 heteroatoms. The van der Waals surface area contributed by atoms with Gasteiger partial charge in [0.15, 0.2) is 0 Å². The zero-order valence-corrected chi connectivity index (χ0v) is 21.8. The van der Waals surface area contributed by atoms with Gasteiger partial charge in [0, 0.05) is 13.6 Å². The second kappa shape index (κ2) is 11.0. The number of nitrogens with one attached hydrogen (secondary N) is 2. The molecule has 2 fully saturated rings. The molecule has 198 valence electrons. The van der Waals surface area contributed by atoms with E-state index in [0.717, 1.165) is 11.1 Å². The molecule has 4 N–H and O–H groups in total. The molecule has 1 unspecified atom stereocenters. The molecule has 2 aromatic rings. The van der Waals surface area contributed by atoms with Crippen molar-refractivity contribution < 1.29 is 19.1 Å². The summed E-state index contributed by atoms with van der Waals surface area (Å²) in [5, 5.41) is 9.10. The van der Waals surface area contributed by atoms with E-state index < -0.39 is 22.9 Å². The normalized spacial score (nSPS) is 22.5. The SMILES string of the molecule is CN1C(=O)[C@]2(Cc3ccccc3)CNCCC2N1C(=O)[C@@H](COCc1ccccc1)NC(=O)C(C)(C)N. The minimum atomic E-state index is -1.18. The molecule has 0 saturated carbocycles. The van der Waals surface area contributed by atoms with Crippen LogP contribution in [0.25, 0.3) is 0 Å². The number of benzene rings is 2. The molecule has 2 saturated heterocycles. The summed E-state index contributed by atoms with van der Waals surface area (Å²) in [4.78, 5) is 40.6. The summed E-state index contributed by atoms with van der Waals surface area (Å²) in [6, 6.07) is 18.1. The van der Waals surface area contributed by atoms with Crippen molar-refractivity contribution in [3.05, 3.63) is 71.8 Å². The molecule has 0 aliphatic carbocycles. The van der Waals surface area contributed by atoms with Crippen LogP contribution in [0.3, 0.4) is 0 Å². The molecule has 3 amide bonds. The number of carbonyl (C=O) groups excluding carboxylic acids is 3. The fourth-order valence-electron chi connectivity index (χ4n) is 5.21. The van der Waals surface area contributed by atoms with Crippen LogP contribution in [0.4, 0.5) is 0 Å². The Morgan fingerprint density at radius 1 is 1.14 bits per heavy atom. The van der Waals surface area contributed by atoms with Crippen molar-refractivity contribution in [3.8, 4) is 0 Å². The maximum absolute atomic E-state index is 14.0. The lowest BCUT2D eigenvalue weighted by molar-refractivity contribution is -0.158. The topological polar surface area (TPSA) is 117 Å². The largest absolute Gasteiger partial charge is 0.374 e. The number of ether oxygens (including phenoxy) is 1. The van der Waals surface area contributed by atoms with E-state index in [1.165, 1.54) is 10.0 Å². The zero-order chi connectivity index (χ0) is 26.6. The summed E-state index contributed by atoms with van der Waals surface area (Å²) in [6.07, 6.45) is 1.12. The highest BCUT2D eigenvalue weighted by Crippen LogP contribution is 2.42. The van der Waals surface area contributed by atoms with E-state index >= 15 is 0 Å². The van der Waals surface area contributed by atoms with Crippen LogP contribution in [0, 0.1) is 5.41 Å². The van der Waals surface area contributed by atoms with Crippen LogP contribution >= 0.6 is 0 Å². The number of hydrogen-bond acceptors (Lipinski definition) is 6. The molecular formula is C28H37N5O4. The summed E-state index contributed by atoms with van der Waals surface area (Å²) >= 11 is 0. The molecular weight excluding hydrogens is 470 g/mol. The van der Waals surface area contributed by atoms with Gasteiger partial charge in [0.05, 0.1) is 30.2 Å². The number of amides is 3. The molecule has 0 spiro atoms. The number of nitrogens with two attached hydrogens (primary N) is 1. The highest BCUT2D eigenvalue weighted by atomic mass is 16.5. The summed E-state index contributed by atoms with van der Waals surface area (Å²) < 4.78 is 5.88. The molecule has 0 bridgehead atoms. The zero-order valence-electron chi connectivity index (χ0n) is 21.8. The molecule has 0 aromatic heterocycles. The van der Waals surface area contributed by atoms with E-state index in [1.807, 2.05) is 60.7 Å². The Morgan fingerprint density at radius 3 is 2.38 bits per heavy atom. The molecule has 9 nitrogen and oxygen atoms in total. The van der Waals surface area contributed by atoms with Gasteiger partial charge in [-0.1, -0.05) is 60.7 Å². The fourth-order valence-corrected chi connectivity index (χ4v) is 5.21. The minimum absolute atomic E-state index is 0.0509. The maximum atomic E-state index is 14.0. The lowest BCUT2D eigenvalue weighted by Crippen LogP contribution is -2.61. The van der Waals surface area contributed by atoms with Gasteiger partial charge < -0.3 is 21.1 Å². The number of nitrogens with zero attached hydrogens (tertiary/aromatic N) is 2. The predicted molar refractivity (Wildman–Crippen MR) is 140 cm³/mol. The van der Waals surface area contributed by atoms with Gasteiger partial charge in [-0.15, -0.1) is 0 Å². The lowest BCUT2D eigenvalue weighted by atomic mass is 9.72. The van der Waals surface area contributed by atoms with Crippen LogP contribution in [-0.4, -0.2) is 72.1 Å². The van der Waals surface area contributed by atoms with Crippen molar-refractivity contribution in [2.75, 3.05) is 26.7 Å². The first-order valence-electron chi connectivity index (χ1n) is 12.7. The van der Waals surface area contributed by atoms with Gasteiger partial charge >= 0.3 is 0 Å². The second-order valence-electron chi connectivity index (χ2n) is 10.6. The summed E-state index contributed by atoms with van der Waals surface area (Å²) in [6.45, 7) is 4.55. The van der Waals surface area contributed by atoms with Crippen molar-refractivity contribution in [1.29, 1.82) is 0 Å². The third kappa shape index (κ3) is 5.69. The van der Waals surface area contributed by atoms with Gasteiger partial charge in [-0.3, -0.25) is 19.4 Å². The van der Waals surface area contributed by atoms with Gasteiger partial charge in [-0.05, 0) is 44.4 Å². The number of fused-ring (bicyclic) bond motifs is 1. The lowest BCUT2D eigenvalue weighted by Gasteiger charge is -2.40. The highest BCUT2D eigenvalue weighted by Gasteiger charge is 2.60. The summed E-state index contributed by atoms with van der Waals surface area (Å²) in [7, 11) is 1.63. The van der Waals surface area contributed by atoms with E-state index in [-0.39, 0.29) is 31.1 Å². The third-order valence-corrected chi connectivity index (χ3v) is 7.18. The second-order valence-corrected chi connectivity index (χ2v) is 10.6. The Bertz CT molecular complexity index is 1100. The predicted octanol–water partition coefficient (Wildman–Crippen LogP) is 1.23. The molecule has 3 atom stereocenters. The molecule has 2 aliphatic heterocycles. The number of hydrazine groups is 1. The maximum Gasteiger partial charge on any atom is 0.266 e. The monoisotopic (exact) mass is 507 g/mol. The van der Waals surface area contributed by atoms with Crippen LogP contribution < -0.4 is 16.4 Å². The molecule has 2 aliphatic rings. The highest BCUT2D eigenvalue weighted by molar-refractivity contribution is 5.95. The first-order valence-corrected chi connectivity index (χ1v) is 12.7. The van der Waals surface area contributed by atoms with Crippen LogP contribution in [0.2, 0.25) is 0 Å². The average molecular weight is 508 g/mol. The number of carbonyl (C=O) groups is 3. The van der Waals surface area contributed by atoms with Gasteiger partial charge in [-0.2, -0.15) is 0 Å². The Morgan fingerprint density at radius 2 is 1.76 bits per heavy atom. The minimum Gasteiger partial charge on any atom is -0.374 e. The Hall–Kier alpha value is -3.27. The van der Waals surface area contributed by atoms with E-state index in [9.17, 15) is 14.4 Å². The smallest absolute Gasteiger partial charge is 0.266 e. The Kier molecular flexibility index (Phi) is 7.96. The third-order valence-electron chi connectivity index (χ3n) is 7.18. The van der Waals surface area contributed by atoms with E-state index in [4.69, 9.17) is 10.5 Å². The van der Waals surface area contributed by atoms with Crippen molar-refractivity contribution in [1.82, 2.24) is 20.7 Å². The standard InChI is InChI=1S/C28H37N5O4/c1-27(2,29)25(35)31-22(18-37-17-21-12-8-5-9-13-21)24(34)33-23-14-15-30-19-28(23,26(36)32(33)3)16-20-10-6-4-7-11-20/h4-13,22-23,30H,14-19,29H2,1-3H3,(H,31,35)/t22-,23?,28-/m1/s1. The Labute approximate surface area is 218 Å². The number of piperidine rings is 1. The molecule has 2 aromatic carbocycles. The van der Waals surface area contributed by atoms with Crippen LogP contribution in [-0.2, 0) is 32.1 Å². The fraction of sp³-hybridized carbons (Fsp3) is 0.464. The van der Waals surface area contributed by atoms with Crippen molar-refractivity contribution >= 4 is 17.7 Å². The van der Waals surface area contributed by atoms with E-state index in [1.54, 1.807) is 20.9 Å². The van der Waals surface area contributed by atoms with Gasteiger partial charge in [-0.25, -0.2) is 5.01 Å². The van der Waals surface area contributed by atoms with Crippen molar-refractivity contribution in [2.45, 2.75) is 50.9 Å². The molecule has 4 rings (SSSR count). The Balaban J connectivity index is 1.59. The molecule has 2 heterocycles. The van der Waals surface area contributed by atoms with Gasteiger partial charge in [0.2, 0.25) is 5.91 Å². The quantitative estimate of drug-likeness (QED) is 0.470. The van der Waals surface area contributed by atoms with Crippen LogP contribution in [0.1, 0.15) is 31.4 Å². The van der Waals surface area contributed by atoms with Crippen LogP contribution in [0.5, 0.6) is 0 Å². The first kappa shape index (κ1) is 26.8. The number of rotatable bonds is 9. The van der Waals surface area contributed by atoms with E-state index in [0.29, 0.717) is 25.9 Å². The molecule has 0 radical (unpaired) electrons. The van der Waals surface area contributed by atoms with Gasteiger partial charge in [0.25, 0.3) is 11.8 Å².